The number of nitrogens with one attached hydrogen (secondary N) is 1. The van der Waals surface area contributed by atoms with E-state index in [1.165, 1.54) is 13.8 Å². The van der Waals surface area contributed by atoms with Crippen LogP contribution in [0.1, 0.15) is 24.2 Å². The summed E-state index contributed by atoms with van der Waals surface area (Å²) in [5, 5.41) is 3.55. The van der Waals surface area contributed by atoms with Crippen LogP contribution in [0.4, 0.5) is 5.69 Å². The van der Waals surface area contributed by atoms with Crippen molar-refractivity contribution in [3.63, 3.8) is 0 Å². The highest BCUT2D eigenvalue weighted by molar-refractivity contribution is 7.85. The van der Waals surface area contributed by atoms with E-state index in [9.17, 15) is 22.8 Å². The van der Waals surface area contributed by atoms with Crippen molar-refractivity contribution in [2.75, 3.05) is 12.5 Å². The molecule has 0 unspecified atom stereocenters. The Kier molecular flexibility index (Phi) is 5.00. The van der Waals surface area contributed by atoms with Crippen LogP contribution in [0.15, 0.2) is 28.2 Å². The van der Waals surface area contributed by atoms with Crippen LogP contribution in [0.3, 0.4) is 0 Å². The lowest BCUT2D eigenvalue weighted by Gasteiger charge is -2.28. The number of esters is 3. The van der Waals surface area contributed by atoms with Gasteiger partial charge >= 0.3 is 17.9 Å². The fourth-order valence-electron chi connectivity index (χ4n) is 1.91. The standard InChI is InChI=1S/C14H14N2O9S/c1-14(2)24-12(18)10(13(19)25-14)16-15-9-5-4-7(26(20,21)22)6-8(9)11(17)23-3/h4-6,15H,1-3H3,(H,20,21,22). The van der Waals surface area contributed by atoms with Crippen LogP contribution in [0.5, 0.6) is 0 Å². The average molecular weight is 386 g/mol. The zero-order valence-corrected chi connectivity index (χ0v) is 14.6. The molecule has 1 aromatic carbocycles. The number of hydrazone groups is 1. The molecule has 12 heteroatoms. The van der Waals surface area contributed by atoms with Crippen molar-refractivity contribution in [2.24, 2.45) is 5.10 Å². The number of ether oxygens (including phenoxy) is 3. The van der Waals surface area contributed by atoms with Crippen molar-refractivity contribution < 1.29 is 41.6 Å². The molecule has 1 fully saturated rings. The van der Waals surface area contributed by atoms with Crippen LogP contribution in [0.25, 0.3) is 0 Å². The maximum Gasteiger partial charge on any atom is 0.369 e. The van der Waals surface area contributed by atoms with Gasteiger partial charge in [-0.2, -0.15) is 13.5 Å². The molecule has 0 spiro atoms. The Morgan fingerprint density at radius 2 is 1.81 bits per heavy atom. The van der Waals surface area contributed by atoms with E-state index in [0.29, 0.717) is 0 Å². The molecule has 140 valence electrons. The van der Waals surface area contributed by atoms with Crippen molar-refractivity contribution in [2.45, 2.75) is 24.5 Å². The summed E-state index contributed by atoms with van der Waals surface area (Å²) in [6, 6.07) is 2.90. The SMILES string of the molecule is COC(=O)c1cc(S(=O)(=O)O)ccc1NN=C1C(=O)OC(C)(C)OC1=O. The monoisotopic (exact) mass is 386 g/mol. The van der Waals surface area contributed by atoms with E-state index in [-0.39, 0.29) is 11.3 Å². The molecule has 0 radical (unpaired) electrons. The van der Waals surface area contributed by atoms with Gasteiger partial charge in [-0.05, 0) is 18.2 Å². The third-order valence-electron chi connectivity index (χ3n) is 3.05. The number of anilines is 1. The Labute approximate surface area is 147 Å². The summed E-state index contributed by atoms with van der Waals surface area (Å²) in [4.78, 5) is 34.9. The number of hydrogen-bond acceptors (Lipinski definition) is 10. The zero-order chi connectivity index (χ0) is 19.7. The van der Waals surface area contributed by atoms with E-state index in [4.69, 9.17) is 14.0 Å². The number of hydrogen-bond donors (Lipinski definition) is 2. The van der Waals surface area contributed by atoms with Crippen LogP contribution in [0.2, 0.25) is 0 Å². The number of nitrogens with zero attached hydrogens (tertiary/aromatic N) is 1. The maximum atomic E-state index is 11.8. The Balaban J connectivity index is 2.39. The fourth-order valence-corrected chi connectivity index (χ4v) is 2.42. The van der Waals surface area contributed by atoms with Gasteiger partial charge in [0.2, 0.25) is 0 Å². The summed E-state index contributed by atoms with van der Waals surface area (Å²) in [5.74, 6) is -4.49. The summed E-state index contributed by atoms with van der Waals surface area (Å²) < 4.78 is 45.7. The highest BCUT2D eigenvalue weighted by Crippen LogP contribution is 2.22. The van der Waals surface area contributed by atoms with E-state index in [2.05, 4.69) is 15.3 Å². The third-order valence-corrected chi connectivity index (χ3v) is 3.90. The molecule has 2 N–H and O–H groups in total. The summed E-state index contributed by atoms with van der Waals surface area (Å²) in [7, 11) is -3.52. The van der Waals surface area contributed by atoms with Crippen molar-refractivity contribution in [3.05, 3.63) is 23.8 Å². The molecule has 2 rings (SSSR count). The molecule has 0 bridgehead atoms. The van der Waals surface area contributed by atoms with Crippen LogP contribution in [-0.2, 0) is 33.9 Å². The molecule has 11 nitrogen and oxygen atoms in total. The highest BCUT2D eigenvalue weighted by Gasteiger charge is 2.40. The van der Waals surface area contributed by atoms with Crippen LogP contribution in [0, 0.1) is 0 Å². The third kappa shape index (κ3) is 4.15. The zero-order valence-electron chi connectivity index (χ0n) is 13.8. The predicted octanol–water partition coefficient (Wildman–Crippen LogP) is 0.324. The lowest BCUT2D eigenvalue weighted by atomic mass is 10.2. The Bertz CT molecular complexity index is 896. The Hall–Kier alpha value is -2.99. The largest absolute Gasteiger partial charge is 0.465 e. The van der Waals surface area contributed by atoms with E-state index in [0.717, 1.165) is 25.3 Å². The van der Waals surface area contributed by atoms with E-state index in [1.54, 1.807) is 0 Å². The molecule has 0 saturated carbocycles. The molecule has 0 atom stereocenters. The van der Waals surface area contributed by atoms with Crippen molar-refractivity contribution in [1.29, 1.82) is 0 Å². The lowest BCUT2D eigenvalue weighted by Crippen LogP contribution is -2.47. The van der Waals surface area contributed by atoms with E-state index >= 15 is 0 Å². The maximum absolute atomic E-state index is 11.8. The minimum Gasteiger partial charge on any atom is -0.465 e. The Morgan fingerprint density at radius 1 is 1.23 bits per heavy atom. The molecule has 0 aromatic heterocycles. The number of benzene rings is 1. The minimum absolute atomic E-state index is 0.0952. The van der Waals surface area contributed by atoms with E-state index < -0.39 is 44.4 Å². The molecule has 1 aliphatic heterocycles. The molecule has 1 aliphatic rings. The van der Waals surface area contributed by atoms with Crippen LogP contribution < -0.4 is 5.43 Å². The molecule has 0 amide bonds. The van der Waals surface area contributed by atoms with Crippen molar-refractivity contribution in [1.82, 2.24) is 0 Å². The van der Waals surface area contributed by atoms with Gasteiger partial charge in [0.15, 0.2) is 0 Å². The van der Waals surface area contributed by atoms with Gasteiger partial charge in [0.25, 0.3) is 21.6 Å². The number of rotatable bonds is 4. The summed E-state index contributed by atoms with van der Waals surface area (Å²) in [5.41, 5.74) is 1.15. The van der Waals surface area contributed by atoms with Gasteiger partial charge in [0.05, 0.1) is 23.3 Å². The van der Waals surface area contributed by atoms with Gasteiger partial charge in [0, 0.05) is 13.8 Å². The number of carbonyl (C=O) groups is 3. The second-order valence-corrected chi connectivity index (χ2v) is 6.85. The van der Waals surface area contributed by atoms with Gasteiger partial charge < -0.3 is 14.2 Å². The fraction of sp³-hybridized carbons (Fsp3) is 0.286. The van der Waals surface area contributed by atoms with Crippen LogP contribution in [-0.4, -0.2) is 49.5 Å². The van der Waals surface area contributed by atoms with Gasteiger partial charge in [-0.15, -0.1) is 0 Å². The smallest absolute Gasteiger partial charge is 0.369 e. The number of carbonyl (C=O) groups excluding carboxylic acids is 3. The second-order valence-electron chi connectivity index (χ2n) is 5.43. The van der Waals surface area contributed by atoms with Gasteiger partial charge in [-0.3, -0.25) is 9.98 Å². The summed E-state index contributed by atoms with van der Waals surface area (Å²) in [6.07, 6.45) is 0. The molecular weight excluding hydrogens is 372 g/mol. The van der Waals surface area contributed by atoms with E-state index in [1.807, 2.05) is 0 Å². The molecule has 0 aliphatic carbocycles. The first-order valence-corrected chi connectivity index (χ1v) is 8.39. The second kappa shape index (κ2) is 6.72. The molecule has 1 heterocycles. The molecule has 26 heavy (non-hydrogen) atoms. The normalized spacial score (nSPS) is 16.4. The van der Waals surface area contributed by atoms with Gasteiger partial charge in [0.1, 0.15) is 0 Å². The summed E-state index contributed by atoms with van der Waals surface area (Å²) >= 11 is 0. The Morgan fingerprint density at radius 3 is 2.31 bits per heavy atom. The lowest BCUT2D eigenvalue weighted by molar-refractivity contribution is -0.214. The van der Waals surface area contributed by atoms with Crippen molar-refractivity contribution >= 4 is 39.4 Å². The summed E-state index contributed by atoms with van der Waals surface area (Å²) in [6.45, 7) is 2.72. The van der Waals surface area contributed by atoms with Gasteiger partial charge in [-0.25, -0.2) is 14.4 Å². The molecule has 1 aromatic rings. The number of methoxy groups -OCH3 is 1. The first-order valence-electron chi connectivity index (χ1n) is 6.95. The number of cyclic esters (lactones) is 2. The molecule has 1 saturated heterocycles. The van der Waals surface area contributed by atoms with Crippen molar-refractivity contribution in [3.8, 4) is 0 Å². The minimum atomic E-state index is -4.57. The predicted molar refractivity (Wildman–Crippen MR) is 84.9 cm³/mol. The highest BCUT2D eigenvalue weighted by atomic mass is 32.2. The topological polar surface area (TPSA) is 158 Å². The van der Waals surface area contributed by atoms with Gasteiger partial charge in [-0.1, -0.05) is 0 Å². The van der Waals surface area contributed by atoms with Crippen LogP contribution >= 0.6 is 0 Å². The first kappa shape index (κ1) is 19.3. The average Bonchev–Trinajstić information content (AvgIpc) is 2.51. The quantitative estimate of drug-likeness (QED) is 0.419. The first-order chi connectivity index (χ1) is 11.9. The molecular formula is C14H14N2O9S.